The van der Waals surface area contributed by atoms with E-state index in [-0.39, 0.29) is 6.61 Å². The molecule has 0 radical (unpaired) electrons. The van der Waals surface area contributed by atoms with Gasteiger partial charge in [-0.05, 0) is 12.1 Å². The minimum atomic E-state index is -1.15. The van der Waals surface area contributed by atoms with Gasteiger partial charge in [-0.15, -0.1) is 0 Å². The highest BCUT2D eigenvalue weighted by Crippen LogP contribution is 2.26. The standard InChI is InChI=1S/C23H41N5O3Si2.CH4O/c1-32(2,3)13-11-30-19-27-9-7-25-21(27)15-23(17-24,18-29)16-22-26-8-10-28(22)20-31-12-14-33(4,5)6;1-2/h7-10,29H,11-16,18-20H2,1-6H3;2H,1H3. The van der Waals surface area contributed by atoms with Crippen molar-refractivity contribution in [3.05, 3.63) is 36.4 Å². The van der Waals surface area contributed by atoms with Crippen molar-refractivity contribution in [2.75, 3.05) is 26.9 Å². The van der Waals surface area contributed by atoms with Gasteiger partial charge >= 0.3 is 0 Å². The van der Waals surface area contributed by atoms with Crippen LogP contribution in [0.25, 0.3) is 0 Å². The van der Waals surface area contributed by atoms with Gasteiger partial charge in [0, 0.05) is 74.1 Å². The molecule has 0 aliphatic carbocycles. The molecule has 2 aromatic rings. The van der Waals surface area contributed by atoms with Crippen LogP contribution in [0, 0.1) is 16.7 Å². The third-order valence-corrected chi connectivity index (χ3v) is 9.00. The average molecular weight is 524 g/mol. The van der Waals surface area contributed by atoms with Crippen LogP contribution in [0.2, 0.25) is 51.4 Å². The first kappa shape index (κ1) is 31.2. The third kappa shape index (κ3) is 11.6. The van der Waals surface area contributed by atoms with E-state index in [4.69, 9.17) is 14.6 Å². The van der Waals surface area contributed by atoms with Crippen molar-refractivity contribution >= 4 is 16.1 Å². The highest BCUT2D eigenvalue weighted by molar-refractivity contribution is 6.76. The number of aliphatic hydroxyl groups excluding tert-OH is 2. The normalized spacial score (nSPS) is 12.2. The van der Waals surface area contributed by atoms with Gasteiger partial charge in [-0.3, -0.25) is 0 Å². The van der Waals surface area contributed by atoms with Gasteiger partial charge in [0.2, 0.25) is 0 Å². The molecule has 0 bridgehead atoms. The Morgan fingerprint density at radius 3 is 1.57 bits per heavy atom. The van der Waals surface area contributed by atoms with Crippen LogP contribution in [0.5, 0.6) is 0 Å². The molecule has 0 unspecified atom stereocenters. The summed E-state index contributed by atoms with van der Waals surface area (Å²) in [7, 11) is -1.30. The van der Waals surface area contributed by atoms with Gasteiger partial charge in [0.15, 0.2) is 0 Å². The lowest BCUT2D eigenvalue weighted by Gasteiger charge is -2.24. The maximum absolute atomic E-state index is 10.2. The molecule has 2 N–H and O–H groups in total. The summed E-state index contributed by atoms with van der Waals surface area (Å²) >= 11 is 0. The quantitative estimate of drug-likeness (QED) is 0.270. The molecule has 2 heterocycles. The highest BCUT2D eigenvalue weighted by atomic mass is 28.3. The van der Waals surface area contributed by atoms with Crippen LogP contribution in [-0.4, -0.2) is 72.4 Å². The zero-order valence-electron chi connectivity index (χ0n) is 22.6. The summed E-state index contributed by atoms with van der Waals surface area (Å²) < 4.78 is 15.6. The molecule has 0 spiro atoms. The van der Waals surface area contributed by atoms with E-state index in [9.17, 15) is 10.4 Å². The number of hydrogen-bond acceptors (Lipinski definition) is 7. The Balaban J connectivity index is 0.00000298. The van der Waals surface area contributed by atoms with Gasteiger partial charge in [0.05, 0.1) is 18.1 Å². The lowest BCUT2D eigenvalue weighted by atomic mass is 9.82. The summed E-state index contributed by atoms with van der Waals surface area (Å²) in [6, 6.07) is 4.53. The van der Waals surface area contributed by atoms with Gasteiger partial charge in [0.1, 0.15) is 25.1 Å². The minimum absolute atomic E-state index is 0.282. The predicted octanol–water partition coefficient (Wildman–Crippen LogP) is 3.60. The van der Waals surface area contributed by atoms with Crippen LogP contribution in [0.1, 0.15) is 11.6 Å². The predicted molar refractivity (Wildman–Crippen MR) is 143 cm³/mol. The molecule has 2 rings (SSSR count). The minimum Gasteiger partial charge on any atom is -0.400 e. The van der Waals surface area contributed by atoms with Crippen molar-refractivity contribution in [1.82, 2.24) is 19.1 Å². The van der Waals surface area contributed by atoms with Gasteiger partial charge in [-0.25, -0.2) is 9.97 Å². The van der Waals surface area contributed by atoms with E-state index < -0.39 is 21.6 Å². The first-order chi connectivity index (χ1) is 16.5. The fourth-order valence-electron chi connectivity index (χ4n) is 3.23. The van der Waals surface area contributed by atoms with Crippen LogP contribution in [-0.2, 0) is 35.8 Å². The Hall–Kier alpha value is -1.82. The largest absolute Gasteiger partial charge is 0.400 e. The first-order valence-corrected chi connectivity index (χ1v) is 19.5. The Kier molecular flexibility index (Phi) is 13.1. The molecule has 0 atom stereocenters. The number of nitrogens with zero attached hydrogens (tertiary/aromatic N) is 5. The molecule has 2 aromatic heterocycles. The van der Waals surface area contributed by atoms with Gasteiger partial charge in [0.25, 0.3) is 0 Å². The molecule has 35 heavy (non-hydrogen) atoms. The lowest BCUT2D eigenvalue weighted by Crippen LogP contribution is -2.32. The molecule has 0 aliphatic heterocycles. The monoisotopic (exact) mass is 523 g/mol. The van der Waals surface area contributed by atoms with Crippen LogP contribution < -0.4 is 0 Å². The van der Waals surface area contributed by atoms with Crippen LogP contribution in [0.15, 0.2) is 24.8 Å². The van der Waals surface area contributed by atoms with E-state index in [1.807, 2.05) is 21.5 Å². The molecular formula is C24H45N5O4Si2. The molecule has 0 fully saturated rings. The molecule has 198 valence electrons. The number of nitriles is 1. The fourth-order valence-corrected chi connectivity index (χ4v) is 4.74. The van der Waals surface area contributed by atoms with Crippen molar-refractivity contribution in [3.63, 3.8) is 0 Å². The summed E-state index contributed by atoms with van der Waals surface area (Å²) in [5.41, 5.74) is -1.02. The zero-order valence-corrected chi connectivity index (χ0v) is 24.6. The maximum Gasteiger partial charge on any atom is 0.123 e. The Morgan fingerprint density at radius 1 is 0.857 bits per heavy atom. The summed E-state index contributed by atoms with van der Waals surface area (Å²) in [4.78, 5) is 8.88. The summed E-state index contributed by atoms with van der Waals surface area (Å²) in [6.45, 7) is 15.9. The fraction of sp³-hybridized carbons (Fsp3) is 0.708. The molecular weight excluding hydrogens is 478 g/mol. The van der Waals surface area contributed by atoms with E-state index in [1.54, 1.807) is 12.4 Å². The summed E-state index contributed by atoms with van der Waals surface area (Å²) in [5, 5.41) is 27.2. The summed E-state index contributed by atoms with van der Waals surface area (Å²) in [6.07, 6.45) is 7.77. The number of rotatable bonds is 15. The highest BCUT2D eigenvalue weighted by Gasteiger charge is 2.34. The smallest absolute Gasteiger partial charge is 0.123 e. The second kappa shape index (κ2) is 14.7. The number of ether oxygens (including phenoxy) is 2. The molecule has 11 heteroatoms. The van der Waals surface area contributed by atoms with Gasteiger partial charge in [-0.2, -0.15) is 5.26 Å². The van der Waals surface area contributed by atoms with Crippen molar-refractivity contribution in [3.8, 4) is 6.07 Å². The SMILES string of the molecule is CO.C[Si](C)(C)CCOCn1ccnc1CC(C#N)(CO)Cc1nccn1COCC[Si](C)(C)C. The third-order valence-electron chi connectivity index (χ3n) is 5.59. The van der Waals surface area contributed by atoms with Crippen LogP contribution >= 0.6 is 0 Å². The van der Waals surface area contributed by atoms with Crippen molar-refractivity contribution in [2.24, 2.45) is 5.41 Å². The Labute approximate surface area is 212 Å². The van der Waals surface area contributed by atoms with E-state index in [1.165, 1.54) is 0 Å². The topological polar surface area (TPSA) is 118 Å². The van der Waals surface area contributed by atoms with Crippen LogP contribution in [0.3, 0.4) is 0 Å². The second-order valence-corrected chi connectivity index (χ2v) is 22.5. The number of aliphatic hydroxyl groups is 2. The van der Waals surface area contributed by atoms with E-state index >= 15 is 0 Å². The molecule has 0 aromatic carbocycles. The van der Waals surface area contributed by atoms with E-state index in [0.717, 1.165) is 30.8 Å². The second-order valence-electron chi connectivity index (χ2n) is 11.2. The van der Waals surface area contributed by atoms with Gasteiger partial charge < -0.3 is 28.8 Å². The maximum atomic E-state index is 10.2. The van der Waals surface area contributed by atoms with Crippen molar-refractivity contribution in [1.29, 1.82) is 5.26 Å². The molecule has 0 aliphatic rings. The lowest BCUT2D eigenvalue weighted by molar-refractivity contribution is 0.0800. The first-order valence-electron chi connectivity index (χ1n) is 12.1. The Bertz CT molecular complexity index is 835. The Morgan fingerprint density at radius 2 is 1.26 bits per heavy atom. The van der Waals surface area contributed by atoms with E-state index in [2.05, 4.69) is 55.3 Å². The van der Waals surface area contributed by atoms with Crippen molar-refractivity contribution < 1.29 is 19.7 Å². The molecule has 0 amide bonds. The average Bonchev–Trinajstić information content (AvgIpc) is 3.43. The molecule has 0 saturated heterocycles. The van der Waals surface area contributed by atoms with Gasteiger partial charge in [-0.1, -0.05) is 39.3 Å². The van der Waals surface area contributed by atoms with E-state index in [0.29, 0.717) is 39.5 Å². The molecule has 0 saturated carbocycles. The molecule has 9 nitrogen and oxygen atoms in total. The number of aromatic nitrogens is 4. The van der Waals surface area contributed by atoms with Crippen LogP contribution in [0.4, 0.5) is 0 Å². The number of hydrogen-bond donors (Lipinski definition) is 2. The number of imidazole rings is 2. The summed E-state index contributed by atoms with van der Waals surface area (Å²) in [5.74, 6) is 1.45. The van der Waals surface area contributed by atoms with Crippen molar-refractivity contribution in [2.45, 2.75) is 77.7 Å². The zero-order chi connectivity index (χ0) is 26.5.